The van der Waals surface area contributed by atoms with Crippen LogP contribution in [0.2, 0.25) is 0 Å². The summed E-state index contributed by atoms with van der Waals surface area (Å²) in [6.45, 7) is 5.33. The average molecular weight is 404 g/mol. The number of rotatable bonds is 7. The minimum atomic E-state index is 0.100. The van der Waals surface area contributed by atoms with Crippen molar-refractivity contribution in [2.45, 2.75) is 18.8 Å². The molecule has 0 spiro atoms. The summed E-state index contributed by atoms with van der Waals surface area (Å²) >= 11 is 0. The van der Waals surface area contributed by atoms with Crippen molar-refractivity contribution in [1.82, 2.24) is 4.90 Å². The highest BCUT2D eigenvalue weighted by molar-refractivity contribution is 5.51. The van der Waals surface area contributed by atoms with Gasteiger partial charge in [-0.25, -0.2) is 0 Å². The lowest BCUT2D eigenvalue weighted by molar-refractivity contribution is 0.243. The number of ether oxygens (including phenoxy) is 2. The topological polar surface area (TPSA) is 41.9 Å². The molecule has 0 aliphatic carbocycles. The first-order valence-corrected chi connectivity index (χ1v) is 10.6. The molecule has 4 nitrogen and oxygen atoms in total. The number of fused-ring (bicyclic) bond motifs is 1. The Kier molecular flexibility index (Phi) is 6.24. The Hall–Kier alpha value is -2.98. The molecule has 4 heteroatoms. The highest BCUT2D eigenvalue weighted by atomic mass is 16.5. The van der Waals surface area contributed by atoms with E-state index in [1.807, 2.05) is 30.3 Å². The molecule has 0 unspecified atom stereocenters. The van der Waals surface area contributed by atoms with Crippen LogP contribution in [0, 0.1) is 0 Å². The predicted octanol–water partition coefficient (Wildman–Crippen LogP) is 5.03. The second-order valence-corrected chi connectivity index (χ2v) is 7.84. The molecule has 4 rings (SSSR count). The summed E-state index contributed by atoms with van der Waals surface area (Å²) in [6, 6.07) is 24.2. The largest absolute Gasteiger partial charge is 0.508 e. The number of likely N-dealkylation sites (N-methyl/N-ethyl adjacent to an activating group) is 1. The smallest absolute Gasteiger partial charge is 0.123 e. The molecule has 3 aromatic carbocycles. The molecule has 30 heavy (non-hydrogen) atoms. The van der Waals surface area contributed by atoms with Crippen LogP contribution in [-0.2, 0) is 0 Å². The zero-order valence-electron chi connectivity index (χ0n) is 17.6. The minimum Gasteiger partial charge on any atom is -0.508 e. The quantitative estimate of drug-likeness (QED) is 0.601. The van der Waals surface area contributed by atoms with Crippen molar-refractivity contribution in [2.75, 3.05) is 33.4 Å². The molecule has 0 amide bonds. The summed E-state index contributed by atoms with van der Waals surface area (Å²) in [7, 11) is 2.09. The van der Waals surface area contributed by atoms with Gasteiger partial charge in [0.1, 0.15) is 23.9 Å². The molecule has 1 N–H and O–H groups in total. The van der Waals surface area contributed by atoms with E-state index in [2.05, 4.69) is 55.3 Å². The molecule has 1 aliphatic heterocycles. The monoisotopic (exact) mass is 403 g/mol. The normalized spacial score (nSPS) is 18.0. The number of phenolic OH excluding ortho intramolecular Hbond substituents is 1. The van der Waals surface area contributed by atoms with Crippen LogP contribution >= 0.6 is 0 Å². The van der Waals surface area contributed by atoms with Crippen molar-refractivity contribution in [1.29, 1.82) is 0 Å². The zero-order chi connectivity index (χ0) is 20.9. The third-order valence-electron chi connectivity index (χ3n) is 5.90. The van der Waals surface area contributed by atoms with Crippen molar-refractivity contribution >= 4 is 0 Å². The van der Waals surface area contributed by atoms with Gasteiger partial charge in [0.25, 0.3) is 0 Å². The predicted molar refractivity (Wildman–Crippen MR) is 120 cm³/mol. The highest BCUT2D eigenvalue weighted by Gasteiger charge is 2.33. The highest BCUT2D eigenvalue weighted by Crippen LogP contribution is 2.47. The first-order valence-electron chi connectivity index (χ1n) is 10.6. The average Bonchev–Trinajstić information content (AvgIpc) is 2.79. The third-order valence-corrected chi connectivity index (χ3v) is 5.90. The maximum absolute atomic E-state index is 10.1. The van der Waals surface area contributed by atoms with Gasteiger partial charge in [0.15, 0.2) is 0 Å². The molecule has 156 valence electrons. The van der Waals surface area contributed by atoms with Crippen LogP contribution in [0.5, 0.6) is 17.2 Å². The second-order valence-electron chi connectivity index (χ2n) is 7.84. The summed E-state index contributed by atoms with van der Waals surface area (Å²) in [4.78, 5) is 2.23. The Morgan fingerprint density at radius 3 is 2.50 bits per heavy atom. The van der Waals surface area contributed by atoms with Gasteiger partial charge in [-0.3, -0.25) is 0 Å². The van der Waals surface area contributed by atoms with Crippen molar-refractivity contribution in [3.8, 4) is 17.2 Å². The lowest BCUT2D eigenvalue weighted by Gasteiger charge is -2.34. The van der Waals surface area contributed by atoms with Crippen LogP contribution in [0.25, 0.3) is 0 Å². The Morgan fingerprint density at radius 1 is 1.00 bits per heavy atom. The fraction of sp³-hybridized carbons (Fsp3) is 0.308. The van der Waals surface area contributed by atoms with E-state index in [1.165, 1.54) is 11.1 Å². The molecular formula is C26H29NO3. The summed E-state index contributed by atoms with van der Waals surface area (Å²) in [6.07, 6.45) is 0. The zero-order valence-corrected chi connectivity index (χ0v) is 17.6. The Labute approximate surface area is 178 Å². The van der Waals surface area contributed by atoms with Crippen LogP contribution in [0.1, 0.15) is 35.4 Å². The van der Waals surface area contributed by atoms with E-state index < -0.39 is 0 Å². The molecule has 0 fully saturated rings. The molecule has 1 heterocycles. The van der Waals surface area contributed by atoms with Gasteiger partial charge in [-0.2, -0.15) is 0 Å². The molecule has 0 bridgehead atoms. The molecule has 0 saturated heterocycles. The van der Waals surface area contributed by atoms with E-state index in [1.54, 1.807) is 6.07 Å². The number of benzene rings is 3. The summed E-state index contributed by atoms with van der Waals surface area (Å²) in [5.74, 6) is 2.25. The van der Waals surface area contributed by atoms with Crippen LogP contribution < -0.4 is 9.47 Å². The number of aromatic hydroxyl groups is 1. The molecule has 0 aromatic heterocycles. The number of hydrogen-bond acceptors (Lipinski definition) is 4. The van der Waals surface area contributed by atoms with Crippen molar-refractivity contribution in [2.24, 2.45) is 0 Å². The Balaban J connectivity index is 1.62. The van der Waals surface area contributed by atoms with Crippen LogP contribution in [-0.4, -0.2) is 43.4 Å². The van der Waals surface area contributed by atoms with Gasteiger partial charge in [-0.05, 0) is 55.1 Å². The number of phenols is 1. The first-order chi connectivity index (χ1) is 14.7. The van der Waals surface area contributed by atoms with Crippen LogP contribution in [0.15, 0.2) is 72.8 Å². The lowest BCUT2D eigenvalue weighted by Crippen LogP contribution is -2.25. The van der Waals surface area contributed by atoms with Crippen molar-refractivity contribution in [3.63, 3.8) is 0 Å². The van der Waals surface area contributed by atoms with Gasteiger partial charge in [0, 0.05) is 23.9 Å². The van der Waals surface area contributed by atoms with E-state index in [4.69, 9.17) is 9.47 Å². The van der Waals surface area contributed by atoms with E-state index in [9.17, 15) is 5.11 Å². The van der Waals surface area contributed by atoms with Gasteiger partial charge in [-0.15, -0.1) is 0 Å². The number of hydrogen-bond donors (Lipinski definition) is 1. The molecule has 2 atom stereocenters. The molecule has 1 aliphatic rings. The minimum absolute atomic E-state index is 0.100. The summed E-state index contributed by atoms with van der Waals surface area (Å²) in [5, 5.41) is 10.1. The summed E-state index contributed by atoms with van der Waals surface area (Å²) < 4.78 is 12.0. The van der Waals surface area contributed by atoms with Gasteiger partial charge < -0.3 is 19.5 Å². The van der Waals surface area contributed by atoms with E-state index >= 15 is 0 Å². The lowest BCUT2D eigenvalue weighted by atomic mass is 9.76. The van der Waals surface area contributed by atoms with E-state index in [0.29, 0.717) is 13.2 Å². The summed E-state index contributed by atoms with van der Waals surface area (Å²) in [5.41, 5.74) is 3.45. The van der Waals surface area contributed by atoms with E-state index in [0.717, 1.165) is 30.2 Å². The van der Waals surface area contributed by atoms with Crippen LogP contribution in [0.4, 0.5) is 0 Å². The molecular weight excluding hydrogens is 374 g/mol. The fourth-order valence-electron chi connectivity index (χ4n) is 4.05. The first kappa shape index (κ1) is 20.3. The van der Waals surface area contributed by atoms with Crippen molar-refractivity contribution in [3.05, 3.63) is 89.5 Å². The second kappa shape index (κ2) is 9.23. The van der Waals surface area contributed by atoms with Crippen molar-refractivity contribution < 1.29 is 14.6 Å². The van der Waals surface area contributed by atoms with Gasteiger partial charge >= 0.3 is 0 Å². The molecule has 3 aromatic rings. The van der Waals surface area contributed by atoms with Gasteiger partial charge in [-0.1, -0.05) is 49.4 Å². The van der Waals surface area contributed by atoms with E-state index in [-0.39, 0.29) is 17.6 Å². The van der Waals surface area contributed by atoms with Gasteiger partial charge in [0.2, 0.25) is 0 Å². The number of nitrogens with zero attached hydrogens (tertiary/aromatic N) is 1. The molecule has 0 saturated carbocycles. The maximum atomic E-state index is 10.1. The molecule has 0 radical (unpaired) electrons. The third kappa shape index (κ3) is 4.44. The van der Waals surface area contributed by atoms with Gasteiger partial charge in [0.05, 0.1) is 6.61 Å². The Bertz CT molecular complexity index is 956. The Morgan fingerprint density at radius 2 is 1.77 bits per heavy atom. The fourth-order valence-corrected chi connectivity index (χ4v) is 4.05. The maximum Gasteiger partial charge on any atom is 0.123 e. The standard InChI is InChI=1S/C26H29NO3/c1-3-27(2)15-16-29-22-12-9-20(10-13-22)26-23-17-21(28)11-14-25(23)30-18-24(26)19-7-5-4-6-8-19/h4-14,17,24,26,28H,3,15-16,18H2,1-2H3/t24-,26+/m1/s1. The SMILES string of the molecule is CCN(C)CCOc1ccc([C@H]2c3cc(O)ccc3OC[C@@H]2c2ccccc2)cc1. The van der Waals surface area contributed by atoms with Crippen LogP contribution in [0.3, 0.4) is 0 Å².